The van der Waals surface area contributed by atoms with Crippen molar-refractivity contribution in [2.75, 3.05) is 19.6 Å². The van der Waals surface area contributed by atoms with E-state index in [1.807, 2.05) is 0 Å². The maximum absolute atomic E-state index is 6.11. The zero-order valence-electron chi connectivity index (χ0n) is 10.6. The Kier molecular flexibility index (Phi) is 3.52. The van der Waals surface area contributed by atoms with E-state index in [0.717, 1.165) is 31.6 Å². The maximum Gasteiger partial charge on any atom is 0.223 e. The highest BCUT2D eigenvalue weighted by Crippen LogP contribution is 2.31. The molecule has 0 bridgehead atoms. The molecule has 19 heavy (non-hydrogen) atoms. The molecule has 0 unspecified atom stereocenters. The van der Waals surface area contributed by atoms with E-state index >= 15 is 0 Å². The normalized spacial score (nSPS) is 16.9. The molecule has 0 saturated carbocycles. The van der Waals surface area contributed by atoms with Crippen LogP contribution in [0.3, 0.4) is 0 Å². The molecule has 3 rings (SSSR count). The molecule has 1 aromatic carbocycles. The van der Waals surface area contributed by atoms with Gasteiger partial charge in [0.15, 0.2) is 5.58 Å². The van der Waals surface area contributed by atoms with Crippen molar-refractivity contribution in [2.45, 2.75) is 13.3 Å². The fraction of sp³-hybridized carbons (Fsp3) is 0.357. The Balaban J connectivity index is 1.98. The van der Waals surface area contributed by atoms with Gasteiger partial charge >= 0.3 is 0 Å². The molecular weight excluding hydrogens is 283 g/mol. The smallest absolute Gasteiger partial charge is 0.223 e. The Hall–Kier alpha value is -1.03. The quantitative estimate of drug-likeness (QED) is 0.830. The fourth-order valence-corrected chi connectivity index (χ4v) is 2.81. The minimum atomic E-state index is 0.507. The van der Waals surface area contributed by atoms with Crippen LogP contribution >= 0.6 is 23.2 Å². The van der Waals surface area contributed by atoms with Crippen LogP contribution in [-0.2, 0) is 0 Å². The summed E-state index contributed by atoms with van der Waals surface area (Å²) in [5, 5.41) is 1.08. The SMILES string of the molecule is CCN1CC=C(c2nc3cc(Cl)cc(Cl)c3o2)CC1. The van der Waals surface area contributed by atoms with Gasteiger partial charge in [0, 0.05) is 23.7 Å². The van der Waals surface area contributed by atoms with Crippen LogP contribution in [0.5, 0.6) is 0 Å². The molecule has 0 saturated heterocycles. The highest BCUT2D eigenvalue weighted by Gasteiger charge is 2.17. The summed E-state index contributed by atoms with van der Waals surface area (Å²) in [6.07, 6.45) is 3.12. The maximum atomic E-state index is 6.11. The van der Waals surface area contributed by atoms with Gasteiger partial charge in [-0.15, -0.1) is 0 Å². The van der Waals surface area contributed by atoms with Gasteiger partial charge in [-0.2, -0.15) is 0 Å². The first-order chi connectivity index (χ1) is 9.17. The molecule has 0 fully saturated rings. The second kappa shape index (κ2) is 5.16. The van der Waals surface area contributed by atoms with Crippen molar-refractivity contribution >= 4 is 39.9 Å². The second-order valence-electron chi connectivity index (χ2n) is 4.63. The van der Waals surface area contributed by atoms with Crippen molar-refractivity contribution in [3.8, 4) is 0 Å². The van der Waals surface area contributed by atoms with Gasteiger partial charge in [-0.1, -0.05) is 36.2 Å². The number of aromatic nitrogens is 1. The Bertz CT molecular complexity index is 648. The van der Waals surface area contributed by atoms with Crippen LogP contribution in [0, 0.1) is 0 Å². The number of hydrogen-bond donors (Lipinski definition) is 0. The Labute approximate surface area is 121 Å². The van der Waals surface area contributed by atoms with Gasteiger partial charge in [-0.25, -0.2) is 4.98 Å². The topological polar surface area (TPSA) is 29.3 Å². The molecule has 0 amide bonds. The largest absolute Gasteiger partial charge is 0.435 e. The minimum absolute atomic E-state index is 0.507. The summed E-state index contributed by atoms with van der Waals surface area (Å²) in [4.78, 5) is 6.86. The van der Waals surface area contributed by atoms with E-state index in [-0.39, 0.29) is 0 Å². The predicted molar refractivity (Wildman–Crippen MR) is 78.7 cm³/mol. The lowest BCUT2D eigenvalue weighted by Crippen LogP contribution is -2.28. The average Bonchev–Trinajstić information content (AvgIpc) is 2.83. The van der Waals surface area contributed by atoms with Gasteiger partial charge in [-0.05, 0) is 25.1 Å². The number of benzene rings is 1. The van der Waals surface area contributed by atoms with Gasteiger partial charge in [0.25, 0.3) is 0 Å². The van der Waals surface area contributed by atoms with Crippen molar-refractivity contribution in [1.29, 1.82) is 0 Å². The Morgan fingerprint density at radius 3 is 2.89 bits per heavy atom. The fourth-order valence-electron chi connectivity index (χ4n) is 2.29. The highest BCUT2D eigenvalue weighted by molar-refractivity contribution is 6.38. The lowest BCUT2D eigenvalue weighted by atomic mass is 10.1. The number of nitrogens with zero attached hydrogens (tertiary/aromatic N) is 2. The molecular formula is C14H14Cl2N2O. The number of oxazole rings is 1. The molecule has 0 aliphatic carbocycles. The van der Waals surface area contributed by atoms with E-state index in [1.54, 1.807) is 12.1 Å². The number of likely N-dealkylation sites (N-methyl/N-ethyl adjacent to an activating group) is 1. The van der Waals surface area contributed by atoms with E-state index in [2.05, 4.69) is 22.9 Å². The Morgan fingerprint density at radius 1 is 1.37 bits per heavy atom. The van der Waals surface area contributed by atoms with Gasteiger partial charge in [-0.3, -0.25) is 4.90 Å². The van der Waals surface area contributed by atoms with E-state index in [9.17, 15) is 0 Å². The third-order valence-electron chi connectivity index (χ3n) is 3.42. The van der Waals surface area contributed by atoms with Crippen LogP contribution in [0.2, 0.25) is 10.0 Å². The van der Waals surface area contributed by atoms with E-state index in [1.165, 1.54) is 0 Å². The predicted octanol–water partition coefficient (Wildman–Crippen LogP) is 4.24. The minimum Gasteiger partial charge on any atom is -0.435 e. The molecule has 0 atom stereocenters. The van der Waals surface area contributed by atoms with Crippen LogP contribution in [0.4, 0.5) is 0 Å². The zero-order valence-corrected chi connectivity index (χ0v) is 12.1. The van der Waals surface area contributed by atoms with Gasteiger partial charge in [0.05, 0.1) is 5.02 Å². The average molecular weight is 297 g/mol. The van der Waals surface area contributed by atoms with Gasteiger partial charge in [0.2, 0.25) is 5.89 Å². The molecule has 1 aliphatic rings. The van der Waals surface area contributed by atoms with Crippen LogP contribution < -0.4 is 0 Å². The molecule has 0 spiro atoms. The molecule has 1 aliphatic heterocycles. The Morgan fingerprint density at radius 2 is 2.21 bits per heavy atom. The molecule has 2 heterocycles. The van der Waals surface area contributed by atoms with Crippen molar-refractivity contribution in [1.82, 2.24) is 9.88 Å². The van der Waals surface area contributed by atoms with E-state index in [4.69, 9.17) is 27.6 Å². The highest BCUT2D eigenvalue weighted by atomic mass is 35.5. The number of fused-ring (bicyclic) bond motifs is 1. The zero-order chi connectivity index (χ0) is 13.4. The van der Waals surface area contributed by atoms with Crippen molar-refractivity contribution < 1.29 is 4.42 Å². The van der Waals surface area contributed by atoms with Gasteiger partial charge < -0.3 is 4.42 Å². The molecule has 2 aromatic rings. The lowest BCUT2D eigenvalue weighted by Gasteiger charge is -2.23. The summed E-state index contributed by atoms with van der Waals surface area (Å²) in [7, 11) is 0. The summed E-state index contributed by atoms with van der Waals surface area (Å²) in [5.74, 6) is 0.662. The summed E-state index contributed by atoms with van der Waals surface area (Å²) in [6, 6.07) is 3.45. The third kappa shape index (κ3) is 2.50. The van der Waals surface area contributed by atoms with Crippen LogP contribution in [0.1, 0.15) is 19.2 Å². The standard InChI is InChI=1S/C14H14Cl2N2O/c1-2-18-5-3-9(4-6-18)14-17-12-8-10(15)7-11(16)13(12)19-14/h3,7-8H,2,4-6H2,1H3. The number of hydrogen-bond acceptors (Lipinski definition) is 3. The first-order valence-corrected chi connectivity index (χ1v) is 7.10. The van der Waals surface area contributed by atoms with Crippen molar-refractivity contribution in [3.05, 3.63) is 34.1 Å². The van der Waals surface area contributed by atoms with Crippen molar-refractivity contribution in [2.24, 2.45) is 0 Å². The van der Waals surface area contributed by atoms with Crippen LogP contribution in [-0.4, -0.2) is 29.5 Å². The molecule has 100 valence electrons. The molecule has 0 N–H and O–H groups in total. The lowest BCUT2D eigenvalue weighted by molar-refractivity contribution is 0.317. The third-order valence-corrected chi connectivity index (χ3v) is 3.92. The summed E-state index contributed by atoms with van der Waals surface area (Å²) >= 11 is 12.1. The van der Waals surface area contributed by atoms with Crippen LogP contribution in [0.25, 0.3) is 16.7 Å². The first kappa shape index (κ1) is 13.0. The van der Waals surface area contributed by atoms with E-state index in [0.29, 0.717) is 27.0 Å². The molecule has 3 nitrogen and oxygen atoms in total. The van der Waals surface area contributed by atoms with Gasteiger partial charge in [0.1, 0.15) is 5.52 Å². The van der Waals surface area contributed by atoms with E-state index < -0.39 is 0 Å². The number of rotatable bonds is 2. The van der Waals surface area contributed by atoms with Crippen LogP contribution in [0.15, 0.2) is 22.6 Å². The summed E-state index contributed by atoms with van der Waals surface area (Å²) < 4.78 is 5.77. The van der Waals surface area contributed by atoms with Crippen molar-refractivity contribution in [3.63, 3.8) is 0 Å². The second-order valence-corrected chi connectivity index (χ2v) is 5.47. The first-order valence-electron chi connectivity index (χ1n) is 6.34. The molecule has 5 heteroatoms. The monoisotopic (exact) mass is 296 g/mol. The molecule has 1 aromatic heterocycles. The summed E-state index contributed by atoms with van der Waals surface area (Å²) in [5.41, 5.74) is 2.47. The number of halogens is 2. The summed E-state index contributed by atoms with van der Waals surface area (Å²) in [6.45, 7) is 5.22. The molecule has 0 radical (unpaired) electrons.